The van der Waals surface area contributed by atoms with E-state index in [1.54, 1.807) is 0 Å². The highest BCUT2D eigenvalue weighted by atomic mass is 16.7. The molecular weight excluding hydrogens is 184 g/mol. The zero-order valence-corrected chi connectivity index (χ0v) is 6.84. The Balaban J connectivity index is 4.19. The molecule has 13 heavy (non-hydrogen) atoms. The van der Waals surface area contributed by atoms with E-state index in [4.69, 9.17) is 15.3 Å². The quantitative estimate of drug-likeness (QED) is 0.441. The maximum atomic E-state index is 10.3. The predicted molar refractivity (Wildman–Crippen MR) is 38.0 cm³/mol. The number of aliphatic carboxylic acids is 2. The summed E-state index contributed by atoms with van der Waals surface area (Å²) in [5.74, 6) is -2.91. The van der Waals surface area contributed by atoms with Crippen molar-refractivity contribution in [1.82, 2.24) is 0 Å². The topological polar surface area (TPSA) is 113 Å². The molecule has 0 fully saturated rings. The third-order valence-corrected chi connectivity index (χ3v) is 1.14. The van der Waals surface area contributed by atoms with Crippen LogP contribution in [0, 0.1) is 0 Å². The average Bonchev–Trinajstić information content (AvgIpc) is 2.05. The molecule has 0 radical (unpaired) electrons. The fourth-order valence-corrected chi connectivity index (χ4v) is 0.543. The second-order valence-corrected chi connectivity index (χ2v) is 2.05. The first-order chi connectivity index (χ1) is 6.02. The van der Waals surface area contributed by atoms with Crippen molar-refractivity contribution in [2.75, 3.05) is 13.7 Å². The van der Waals surface area contributed by atoms with Crippen LogP contribution in [-0.4, -0.2) is 53.4 Å². The van der Waals surface area contributed by atoms with Gasteiger partial charge < -0.3 is 24.8 Å². The lowest BCUT2D eigenvalue weighted by Crippen LogP contribution is -2.37. The number of aliphatic hydroxyl groups excluding tert-OH is 1. The van der Waals surface area contributed by atoms with Gasteiger partial charge in [0.2, 0.25) is 0 Å². The van der Waals surface area contributed by atoms with Crippen LogP contribution in [-0.2, 0) is 19.1 Å². The lowest BCUT2D eigenvalue weighted by atomic mass is 10.4. The molecule has 0 bridgehead atoms. The SMILES string of the molecule is CO[C@H](O[C@H](CO)C(=O)O)C(=O)O. The van der Waals surface area contributed by atoms with Crippen molar-refractivity contribution in [2.45, 2.75) is 12.4 Å². The summed E-state index contributed by atoms with van der Waals surface area (Å²) < 4.78 is 8.70. The van der Waals surface area contributed by atoms with E-state index in [0.29, 0.717) is 0 Å². The van der Waals surface area contributed by atoms with E-state index in [2.05, 4.69) is 9.47 Å². The van der Waals surface area contributed by atoms with Crippen LogP contribution in [0.3, 0.4) is 0 Å². The van der Waals surface area contributed by atoms with Gasteiger partial charge in [-0.05, 0) is 0 Å². The van der Waals surface area contributed by atoms with Gasteiger partial charge in [-0.1, -0.05) is 0 Å². The highest BCUT2D eigenvalue weighted by Crippen LogP contribution is 2.00. The highest BCUT2D eigenvalue weighted by Gasteiger charge is 2.26. The lowest BCUT2D eigenvalue weighted by molar-refractivity contribution is -0.203. The molecule has 0 saturated carbocycles. The number of carboxylic acid groups (broad SMARTS) is 2. The summed E-state index contributed by atoms with van der Waals surface area (Å²) >= 11 is 0. The smallest absolute Gasteiger partial charge is 0.361 e. The molecule has 3 N–H and O–H groups in total. The Hall–Kier alpha value is -1.18. The zero-order chi connectivity index (χ0) is 10.4. The molecule has 2 atom stereocenters. The minimum atomic E-state index is -1.69. The van der Waals surface area contributed by atoms with Gasteiger partial charge in [0.25, 0.3) is 6.29 Å². The summed E-state index contributed by atoms with van der Waals surface area (Å²) in [6.07, 6.45) is -3.28. The third-order valence-electron chi connectivity index (χ3n) is 1.14. The maximum absolute atomic E-state index is 10.3. The van der Waals surface area contributed by atoms with Crippen molar-refractivity contribution in [2.24, 2.45) is 0 Å². The van der Waals surface area contributed by atoms with Crippen molar-refractivity contribution < 1.29 is 34.4 Å². The van der Waals surface area contributed by atoms with Crippen LogP contribution in [0.2, 0.25) is 0 Å². The Bertz CT molecular complexity index is 169. The van der Waals surface area contributed by atoms with Gasteiger partial charge >= 0.3 is 11.9 Å². The van der Waals surface area contributed by atoms with Crippen LogP contribution in [0.1, 0.15) is 0 Å². The van der Waals surface area contributed by atoms with Crippen molar-refractivity contribution in [1.29, 1.82) is 0 Å². The number of aliphatic hydroxyl groups is 1. The van der Waals surface area contributed by atoms with Crippen LogP contribution in [0.5, 0.6) is 0 Å². The van der Waals surface area contributed by atoms with Crippen LogP contribution in [0.25, 0.3) is 0 Å². The number of ether oxygens (including phenoxy) is 2. The minimum Gasteiger partial charge on any atom is -0.479 e. The molecule has 0 aromatic heterocycles. The molecule has 7 nitrogen and oxygen atoms in total. The van der Waals surface area contributed by atoms with Crippen LogP contribution in [0.15, 0.2) is 0 Å². The summed E-state index contributed by atoms with van der Waals surface area (Å²) in [6.45, 7) is -0.817. The molecule has 0 heterocycles. The van der Waals surface area contributed by atoms with Gasteiger partial charge in [-0.2, -0.15) is 0 Å². The molecule has 76 valence electrons. The minimum absolute atomic E-state index is 0.817. The molecular formula is C6H10O7. The molecule has 0 unspecified atom stereocenters. The van der Waals surface area contributed by atoms with E-state index in [0.717, 1.165) is 7.11 Å². The number of carbonyl (C=O) groups is 2. The fourth-order valence-electron chi connectivity index (χ4n) is 0.543. The number of hydrogen-bond donors (Lipinski definition) is 3. The van der Waals surface area contributed by atoms with E-state index in [-0.39, 0.29) is 0 Å². The monoisotopic (exact) mass is 194 g/mol. The van der Waals surface area contributed by atoms with E-state index >= 15 is 0 Å². The Labute approximate surface area is 73.5 Å². The summed E-state index contributed by atoms with van der Waals surface area (Å²) in [5, 5.41) is 25.2. The first kappa shape index (κ1) is 11.8. The number of hydrogen-bond acceptors (Lipinski definition) is 5. The molecule has 0 spiro atoms. The molecule has 0 saturated heterocycles. The standard InChI is InChI=1S/C6H10O7/c1-12-6(5(10)11)13-3(2-7)4(8)9/h3,6-7H,2H2,1H3,(H,8,9)(H,10,11)/t3-,6-/m1/s1. The second-order valence-electron chi connectivity index (χ2n) is 2.05. The largest absolute Gasteiger partial charge is 0.479 e. The van der Waals surface area contributed by atoms with E-state index in [1.165, 1.54) is 0 Å². The maximum Gasteiger partial charge on any atom is 0.361 e. The second kappa shape index (κ2) is 5.46. The molecule has 0 aliphatic carbocycles. The van der Waals surface area contributed by atoms with Crippen molar-refractivity contribution >= 4 is 11.9 Å². The normalized spacial score (nSPS) is 14.9. The molecule has 0 aliphatic rings. The van der Waals surface area contributed by atoms with Crippen LogP contribution < -0.4 is 0 Å². The predicted octanol–water partition coefficient (Wildman–Crippen LogP) is -1.49. The Morgan fingerprint density at radius 1 is 1.31 bits per heavy atom. The van der Waals surface area contributed by atoms with Crippen molar-refractivity contribution in [3.8, 4) is 0 Å². The first-order valence-electron chi connectivity index (χ1n) is 3.27. The highest BCUT2D eigenvalue weighted by molar-refractivity contribution is 5.74. The Morgan fingerprint density at radius 2 is 1.85 bits per heavy atom. The number of rotatable bonds is 6. The molecule has 7 heteroatoms. The van der Waals surface area contributed by atoms with Gasteiger partial charge in [0.15, 0.2) is 6.10 Å². The molecule has 0 aromatic carbocycles. The van der Waals surface area contributed by atoms with Gasteiger partial charge in [-0.15, -0.1) is 0 Å². The Morgan fingerprint density at radius 3 is 2.08 bits per heavy atom. The number of methoxy groups -OCH3 is 1. The first-order valence-corrected chi connectivity index (χ1v) is 3.27. The molecule has 0 aliphatic heterocycles. The van der Waals surface area contributed by atoms with E-state index in [1.807, 2.05) is 0 Å². The van der Waals surface area contributed by atoms with Gasteiger partial charge in [-0.3, -0.25) is 0 Å². The molecule has 0 amide bonds. The van der Waals surface area contributed by atoms with Crippen LogP contribution >= 0.6 is 0 Å². The number of carboxylic acids is 2. The summed E-state index contributed by atoms with van der Waals surface area (Å²) in [5.41, 5.74) is 0. The van der Waals surface area contributed by atoms with Crippen molar-refractivity contribution in [3.05, 3.63) is 0 Å². The fraction of sp³-hybridized carbons (Fsp3) is 0.667. The van der Waals surface area contributed by atoms with Gasteiger partial charge in [0.05, 0.1) is 6.61 Å². The van der Waals surface area contributed by atoms with Gasteiger partial charge in [-0.25, -0.2) is 9.59 Å². The molecule has 0 rings (SSSR count). The Kier molecular flexibility index (Phi) is 4.97. The molecule has 0 aromatic rings. The lowest BCUT2D eigenvalue weighted by Gasteiger charge is -2.15. The zero-order valence-electron chi connectivity index (χ0n) is 6.84. The summed E-state index contributed by atoms with van der Waals surface area (Å²) in [4.78, 5) is 20.6. The van der Waals surface area contributed by atoms with E-state index in [9.17, 15) is 9.59 Å². The average molecular weight is 194 g/mol. The van der Waals surface area contributed by atoms with E-state index < -0.39 is 30.9 Å². The van der Waals surface area contributed by atoms with Crippen LogP contribution in [0.4, 0.5) is 0 Å². The van der Waals surface area contributed by atoms with Crippen molar-refractivity contribution in [3.63, 3.8) is 0 Å². The van der Waals surface area contributed by atoms with Gasteiger partial charge in [0.1, 0.15) is 0 Å². The third kappa shape index (κ3) is 3.83. The van der Waals surface area contributed by atoms with Gasteiger partial charge in [0, 0.05) is 7.11 Å². The summed E-state index contributed by atoms with van der Waals surface area (Å²) in [7, 11) is 1.05. The summed E-state index contributed by atoms with van der Waals surface area (Å²) in [6, 6.07) is 0.